The molecule has 0 amide bonds. The Morgan fingerprint density at radius 2 is 1.92 bits per heavy atom. The Morgan fingerprint density at radius 1 is 1.23 bits per heavy atom. The molecule has 68 valence electrons. The molecule has 0 radical (unpaired) electrons. The summed E-state index contributed by atoms with van der Waals surface area (Å²) in [5.74, 6) is 5.88. The lowest BCUT2D eigenvalue weighted by Crippen LogP contribution is -1.81. The number of hydrogen-bond donors (Lipinski definition) is 1. The van der Waals surface area contributed by atoms with Crippen molar-refractivity contribution in [1.29, 1.82) is 0 Å². The summed E-state index contributed by atoms with van der Waals surface area (Å²) >= 11 is 0. The van der Waals surface area contributed by atoms with Crippen LogP contribution in [0.5, 0.6) is 0 Å². The van der Waals surface area contributed by atoms with Gasteiger partial charge in [-0.15, -0.1) is 0 Å². The van der Waals surface area contributed by atoms with Gasteiger partial charge in [-0.05, 0) is 24.1 Å². The zero-order chi connectivity index (χ0) is 9.52. The van der Waals surface area contributed by atoms with Crippen molar-refractivity contribution in [3.05, 3.63) is 35.4 Å². The first-order valence-corrected chi connectivity index (χ1v) is 4.55. The minimum absolute atomic E-state index is 0.139. The summed E-state index contributed by atoms with van der Waals surface area (Å²) in [4.78, 5) is 0. The highest BCUT2D eigenvalue weighted by Crippen LogP contribution is 2.03. The Balaban J connectivity index is 2.65. The second-order valence-corrected chi connectivity index (χ2v) is 2.83. The molecular weight excluding hydrogens is 160 g/mol. The molecule has 0 atom stereocenters. The molecule has 0 saturated heterocycles. The van der Waals surface area contributed by atoms with Crippen LogP contribution < -0.4 is 0 Å². The van der Waals surface area contributed by atoms with Crippen molar-refractivity contribution >= 4 is 0 Å². The smallest absolute Gasteiger partial charge is 0.0540 e. The molecule has 0 bridgehead atoms. The highest BCUT2D eigenvalue weighted by Gasteiger charge is 1.88. The van der Waals surface area contributed by atoms with Gasteiger partial charge in [0.05, 0.1) is 6.61 Å². The van der Waals surface area contributed by atoms with Gasteiger partial charge in [0, 0.05) is 12.0 Å². The lowest BCUT2D eigenvalue weighted by atomic mass is 10.1. The summed E-state index contributed by atoms with van der Waals surface area (Å²) in [6, 6.07) is 8.21. The van der Waals surface area contributed by atoms with Crippen LogP contribution in [0.4, 0.5) is 0 Å². The third kappa shape index (κ3) is 3.31. The summed E-state index contributed by atoms with van der Waals surface area (Å²) in [6.07, 6.45) is 1.61. The average molecular weight is 174 g/mol. The van der Waals surface area contributed by atoms with E-state index in [0.717, 1.165) is 12.0 Å². The lowest BCUT2D eigenvalue weighted by molar-refractivity contribution is 0.305. The van der Waals surface area contributed by atoms with Gasteiger partial charge in [0.2, 0.25) is 0 Å². The van der Waals surface area contributed by atoms with E-state index < -0.39 is 0 Å². The first-order chi connectivity index (χ1) is 6.36. The monoisotopic (exact) mass is 174 g/mol. The Morgan fingerprint density at radius 3 is 2.46 bits per heavy atom. The van der Waals surface area contributed by atoms with Gasteiger partial charge in [-0.1, -0.05) is 30.9 Å². The van der Waals surface area contributed by atoms with E-state index in [0.29, 0.717) is 6.42 Å². The number of aliphatic hydroxyl groups excluding tert-OH is 1. The van der Waals surface area contributed by atoms with Gasteiger partial charge in [0.25, 0.3) is 0 Å². The third-order valence-electron chi connectivity index (χ3n) is 1.83. The molecule has 0 spiro atoms. The summed E-state index contributed by atoms with van der Waals surface area (Å²) < 4.78 is 0. The van der Waals surface area contributed by atoms with Crippen molar-refractivity contribution < 1.29 is 5.11 Å². The van der Waals surface area contributed by atoms with E-state index in [2.05, 4.69) is 30.9 Å². The van der Waals surface area contributed by atoms with Gasteiger partial charge < -0.3 is 5.11 Å². The molecule has 0 aromatic heterocycles. The Hall–Kier alpha value is -1.26. The summed E-state index contributed by atoms with van der Waals surface area (Å²) in [6.45, 7) is 2.27. The molecule has 1 aromatic rings. The minimum atomic E-state index is 0.139. The Bertz CT molecular complexity index is 300. The topological polar surface area (TPSA) is 20.2 Å². The van der Waals surface area contributed by atoms with Crippen molar-refractivity contribution in [3.63, 3.8) is 0 Å². The van der Waals surface area contributed by atoms with Crippen LogP contribution in [0.1, 0.15) is 24.5 Å². The molecule has 0 saturated carbocycles. The average Bonchev–Trinajstić information content (AvgIpc) is 2.19. The Kier molecular flexibility index (Phi) is 4.08. The van der Waals surface area contributed by atoms with Gasteiger partial charge in [0.1, 0.15) is 0 Å². The predicted molar refractivity (Wildman–Crippen MR) is 54.4 cm³/mol. The molecule has 0 aliphatic rings. The predicted octanol–water partition coefficient (Wildman–Crippen LogP) is 1.98. The van der Waals surface area contributed by atoms with E-state index in [1.54, 1.807) is 0 Å². The number of aryl methyl sites for hydroxylation is 1. The van der Waals surface area contributed by atoms with Crippen LogP contribution in [0.15, 0.2) is 24.3 Å². The SMILES string of the molecule is CCc1ccc(C#CCCO)cc1. The summed E-state index contributed by atoms with van der Waals surface area (Å²) in [5.41, 5.74) is 2.35. The first kappa shape index (κ1) is 9.83. The second kappa shape index (κ2) is 5.40. The quantitative estimate of drug-likeness (QED) is 0.680. The van der Waals surface area contributed by atoms with E-state index >= 15 is 0 Å². The maximum atomic E-state index is 8.52. The standard InChI is InChI=1S/C12H14O/c1-2-11-6-8-12(9-7-11)5-3-4-10-13/h6-9,13H,2,4,10H2,1H3. The highest BCUT2D eigenvalue weighted by molar-refractivity contribution is 5.36. The number of aliphatic hydroxyl groups is 1. The van der Waals surface area contributed by atoms with Crippen LogP contribution in [0.3, 0.4) is 0 Å². The van der Waals surface area contributed by atoms with Crippen LogP contribution in [0, 0.1) is 11.8 Å². The molecule has 1 nitrogen and oxygen atoms in total. The first-order valence-electron chi connectivity index (χ1n) is 4.55. The highest BCUT2D eigenvalue weighted by atomic mass is 16.2. The van der Waals surface area contributed by atoms with Crippen LogP contribution in [0.2, 0.25) is 0 Å². The zero-order valence-electron chi connectivity index (χ0n) is 7.88. The molecule has 1 heteroatoms. The van der Waals surface area contributed by atoms with E-state index in [9.17, 15) is 0 Å². The van der Waals surface area contributed by atoms with Gasteiger partial charge >= 0.3 is 0 Å². The minimum Gasteiger partial charge on any atom is -0.395 e. The van der Waals surface area contributed by atoms with Crippen molar-refractivity contribution in [1.82, 2.24) is 0 Å². The molecule has 0 heterocycles. The van der Waals surface area contributed by atoms with Crippen LogP contribution in [-0.2, 0) is 6.42 Å². The van der Waals surface area contributed by atoms with Crippen molar-refractivity contribution in [2.75, 3.05) is 6.61 Å². The lowest BCUT2D eigenvalue weighted by Gasteiger charge is -1.94. The van der Waals surface area contributed by atoms with Crippen LogP contribution in [-0.4, -0.2) is 11.7 Å². The van der Waals surface area contributed by atoms with Crippen LogP contribution in [0.25, 0.3) is 0 Å². The molecule has 0 aliphatic carbocycles. The molecule has 13 heavy (non-hydrogen) atoms. The normalized spacial score (nSPS) is 9.08. The molecule has 1 aromatic carbocycles. The number of rotatable bonds is 2. The zero-order valence-corrected chi connectivity index (χ0v) is 7.88. The van der Waals surface area contributed by atoms with E-state index in [-0.39, 0.29) is 6.61 Å². The summed E-state index contributed by atoms with van der Waals surface area (Å²) in [7, 11) is 0. The third-order valence-corrected chi connectivity index (χ3v) is 1.83. The molecule has 1 N–H and O–H groups in total. The molecule has 1 rings (SSSR count). The van der Waals surface area contributed by atoms with E-state index in [1.807, 2.05) is 12.1 Å². The van der Waals surface area contributed by atoms with Gasteiger partial charge in [0.15, 0.2) is 0 Å². The van der Waals surface area contributed by atoms with E-state index in [4.69, 9.17) is 5.11 Å². The molecule has 0 aliphatic heterocycles. The largest absolute Gasteiger partial charge is 0.395 e. The Labute approximate surface area is 79.4 Å². The van der Waals surface area contributed by atoms with Crippen molar-refractivity contribution in [2.24, 2.45) is 0 Å². The van der Waals surface area contributed by atoms with Crippen molar-refractivity contribution in [3.8, 4) is 11.8 Å². The maximum Gasteiger partial charge on any atom is 0.0540 e. The molecular formula is C12H14O. The molecule has 0 fully saturated rings. The fraction of sp³-hybridized carbons (Fsp3) is 0.333. The van der Waals surface area contributed by atoms with E-state index in [1.165, 1.54) is 5.56 Å². The van der Waals surface area contributed by atoms with Gasteiger partial charge in [-0.2, -0.15) is 0 Å². The fourth-order valence-corrected chi connectivity index (χ4v) is 1.04. The van der Waals surface area contributed by atoms with Crippen LogP contribution >= 0.6 is 0 Å². The summed E-state index contributed by atoms with van der Waals surface area (Å²) in [5, 5.41) is 8.52. The van der Waals surface area contributed by atoms with Crippen molar-refractivity contribution in [2.45, 2.75) is 19.8 Å². The number of benzene rings is 1. The second-order valence-electron chi connectivity index (χ2n) is 2.83. The number of hydrogen-bond acceptors (Lipinski definition) is 1. The maximum absolute atomic E-state index is 8.52. The molecule has 0 unspecified atom stereocenters. The fourth-order valence-electron chi connectivity index (χ4n) is 1.04. The van der Waals surface area contributed by atoms with Gasteiger partial charge in [-0.25, -0.2) is 0 Å². The van der Waals surface area contributed by atoms with Gasteiger partial charge in [-0.3, -0.25) is 0 Å².